The molecule has 0 aliphatic carbocycles. The number of hydrogen-bond acceptors (Lipinski definition) is 3. The third kappa shape index (κ3) is 5.42. The number of hydrogen-bond donors (Lipinski definition) is 1. The zero-order chi connectivity index (χ0) is 10.3. The number of aliphatic hydroxyl groups excluding tert-OH is 1. The van der Waals surface area contributed by atoms with E-state index in [1.165, 1.54) is 6.08 Å². The molecule has 1 N–H and O–H groups in total. The highest BCUT2D eigenvalue weighted by Gasteiger charge is 2.12. The van der Waals surface area contributed by atoms with Gasteiger partial charge in [-0.05, 0) is 0 Å². The molecule has 4 nitrogen and oxygen atoms in total. The van der Waals surface area contributed by atoms with E-state index in [4.69, 9.17) is 11.5 Å². The molecule has 0 saturated heterocycles. The first-order valence-corrected chi connectivity index (χ1v) is 5.51. The van der Waals surface area contributed by atoms with E-state index in [0.29, 0.717) is 0 Å². The fraction of sp³-hybridized carbons (Fsp3) is 0.500. The summed E-state index contributed by atoms with van der Waals surface area (Å²) in [4.78, 5) is 0. The molecule has 0 amide bonds. The van der Waals surface area contributed by atoms with Gasteiger partial charge in [0.25, 0.3) is 0 Å². The van der Waals surface area contributed by atoms with Crippen molar-refractivity contribution in [1.82, 2.24) is 4.31 Å². The van der Waals surface area contributed by atoms with Crippen molar-refractivity contribution in [3.63, 3.8) is 0 Å². The van der Waals surface area contributed by atoms with Gasteiger partial charge >= 0.3 is 0 Å². The Bertz CT molecular complexity index is 300. The monoisotopic (exact) mass is 203 g/mol. The Morgan fingerprint density at radius 1 is 1.54 bits per heavy atom. The lowest BCUT2D eigenvalue weighted by atomic mass is 10.5. The topological polar surface area (TPSA) is 57.6 Å². The summed E-state index contributed by atoms with van der Waals surface area (Å²) in [6.07, 6.45) is 9.12. The van der Waals surface area contributed by atoms with Gasteiger partial charge in [0.2, 0.25) is 10.0 Å². The molecule has 0 unspecified atom stereocenters. The van der Waals surface area contributed by atoms with Crippen LogP contribution in [-0.4, -0.2) is 43.8 Å². The molecule has 0 aromatic carbocycles. The van der Waals surface area contributed by atoms with Crippen LogP contribution in [-0.2, 0) is 10.0 Å². The van der Waals surface area contributed by atoms with Crippen molar-refractivity contribution in [3.05, 3.63) is 12.2 Å². The Kier molecular flexibility index (Phi) is 5.39. The SMILES string of the molecule is C#CCN(C/C=C\CO)S(C)(=O)=O. The van der Waals surface area contributed by atoms with Crippen LogP contribution < -0.4 is 0 Å². The first-order valence-electron chi connectivity index (χ1n) is 3.66. The molecule has 0 aromatic heterocycles. The van der Waals surface area contributed by atoms with Crippen LogP contribution >= 0.6 is 0 Å². The second-order valence-electron chi connectivity index (χ2n) is 2.41. The van der Waals surface area contributed by atoms with Crippen LogP contribution in [0.4, 0.5) is 0 Å². The smallest absolute Gasteiger partial charge is 0.212 e. The zero-order valence-electron chi connectivity index (χ0n) is 7.47. The lowest BCUT2D eigenvalue weighted by Crippen LogP contribution is -2.30. The molecule has 0 heterocycles. The predicted octanol–water partition coefficient (Wildman–Crippen LogP) is -0.570. The Morgan fingerprint density at radius 3 is 2.54 bits per heavy atom. The average molecular weight is 203 g/mol. The lowest BCUT2D eigenvalue weighted by Gasteiger charge is -2.14. The Labute approximate surface area is 78.9 Å². The van der Waals surface area contributed by atoms with E-state index >= 15 is 0 Å². The van der Waals surface area contributed by atoms with E-state index in [1.807, 2.05) is 0 Å². The van der Waals surface area contributed by atoms with Gasteiger partial charge in [-0.1, -0.05) is 18.1 Å². The van der Waals surface area contributed by atoms with Gasteiger partial charge in [-0.2, -0.15) is 4.31 Å². The highest BCUT2D eigenvalue weighted by atomic mass is 32.2. The van der Waals surface area contributed by atoms with Gasteiger partial charge in [0.1, 0.15) is 0 Å². The van der Waals surface area contributed by atoms with Gasteiger partial charge in [-0.15, -0.1) is 6.42 Å². The molecule has 0 radical (unpaired) electrons. The standard InChI is InChI=1S/C8H13NO3S/c1-3-6-9(13(2,11)12)7-4-5-8-10/h1,4-5,10H,6-8H2,2H3/b5-4-. The Hall–Kier alpha value is -0.830. The fourth-order valence-electron chi connectivity index (χ4n) is 0.686. The molecule has 5 heteroatoms. The number of rotatable bonds is 5. The minimum atomic E-state index is -3.25. The zero-order valence-corrected chi connectivity index (χ0v) is 8.29. The second-order valence-corrected chi connectivity index (χ2v) is 4.40. The van der Waals surface area contributed by atoms with Gasteiger partial charge in [-0.3, -0.25) is 0 Å². The minimum absolute atomic E-state index is 0.0502. The van der Waals surface area contributed by atoms with E-state index in [1.54, 1.807) is 6.08 Å². The molecular formula is C8H13NO3S. The van der Waals surface area contributed by atoms with Crippen LogP contribution in [0, 0.1) is 12.3 Å². The van der Waals surface area contributed by atoms with Crippen LogP contribution in [0.3, 0.4) is 0 Å². The van der Waals surface area contributed by atoms with E-state index in [0.717, 1.165) is 10.6 Å². The highest BCUT2D eigenvalue weighted by Crippen LogP contribution is 1.96. The molecule has 0 rings (SSSR count). The van der Waals surface area contributed by atoms with Crippen molar-refractivity contribution in [2.75, 3.05) is 26.0 Å². The maximum absolute atomic E-state index is 11.0. The molecule has 13 heavy (non-hydrogen) atoms. The summed E-state index contributed by atoms with van der Waals surface area (Å²) in [6.45, 7) is 0.145. The summed E-state index contributed by atoms with van der Waals surface area (Å²) in [7, 11) is -3.25. The van der Waals surface area contributed by atoms with Gasteiger partial charge in [0.15, 0.2) is 0 Å². The summed E-state index contributed by atoms with van der Waals surface area (Å²) in [6, 6.07) is 0. The number of aliphatic hydroxyl groups is 1. The molecule has 0 aliphatic heterocycles. The molecule has 0 spiro atoms. The largest absolute Gasteiger partial charge is 0.392 e. The van der Waals surface area contributed by atoms with E-state index in [2.05, 4.69) is 5.92 Å². The van der Waals surface area contributed by atoms with Crippen molar-refractivity contribution >= 4 is 10.0 Å². The molecule has 0 aliphatic rings. The maximum Gasteiger partial charge on any atom is 0.212 e. The molecule has 0 fully saturated rings. The number of nitrogens with zero attached hydrogens (tertiary/aromatic N) is 1. The first-order chi connectivity index (χ1) is 6.02. The highest BCUT2D eigenvalue weighted by molar-refractivity contribution is 7.88. The summed E-state index contributed by atoms with van der Waals surface area (Å²) in [5.74, 6) is 2.25. The van der Waals surface area contributed by atoms with E-state index in [-0.39, 0.29) is 19.7 Å². The van der Waals surface area contributed by atoms with Crippen molar-refractivity contribution in [2.24, 2.45) is 0 Å². The molecule has 74 valence electrons. The average Bonchev–Trinajstić information content (AvgIpc) is 2.01. The molecule has 0 bridgehead atoms. The Balaban J connectivity index is 4.30. The third-order valence-corrected chi connectivity index (χ3v) is 2.53. The molecule has 0 atom stereocenters. The summed E-state index contributed by atoms with van der Waals surface area (Å²) < 4.78 is 23.2. The number of sulfonamides is 1. The van der Waals surface area contributed by atoms with Crippen LogP contribution in [0.1, 0.15) is 0 Å². The van der Waals surface area contributed by atoms with Crippen LogP contribution in [0.2, 0.25) is 0 Å². The quantitative estimate of drug-likeness (QED) is 0.481. The van der Waals surface area contributed by atoms with E-state index < -0.39 is 10.0 Å². The van der Waals surface area contributed by atoms with Crippen molar-refractivity contribution in [3.8, 4) is 12.3 Å². The van der Waals surface area contributed by atoms with Crippen molar-refractivity contribution in [2.45, 2.75) is 0 Å². The fourth-order valence-corrected chi connectivity index (χ4v) is 1.35. The van der Waals surface area contributed by atoms with Crippen LogP contribution in [0.25, 0.3) is 0 Å². The molecular weight excluding hydrogens is 190 g/mol. The van der Waals surface area contributed by atoms with Crippen molar-refractivity contribution in [1.29, 1.82) is 0 Å². The lowest BCUT2D eigenvalue weighted by molar-refractivity contribution is 0.342. The Morgan fingerprint density at radius 2 is 2.15 bits per heavy atom. The first kappa shape index (κ1) is 12.2. The number of terminal acetylenes is 1. The normalized spacial score (nSPS) is 12.2. The van der Waals surface area contributed by atoms with Gasteiger partial charge in [0.05, 0.1) is 19.4 Å². The van der Waals surface area contributed by atoms with Crippen molar-refractivity contribution < 1.29 is 13.5 Å². The molecule has 0 saturated carbocycles. The third-order valence-electron chi connectivity index (χ3n) is 1.32. The van der Waals surface area contributed by atoms with Crippen LogP contribution in [0.5, 0.6) is 0 Å². The summed E-state index contributed by atoms with van der Waals surface area (Å²) in [5, 5.41) is 8.42. The summed E-state index contributed by atoms with van der Waals surface area (Å²) in [5.41, 5.74) is 0. The minimum Gasteiger partial charge on any atom is -0.392 e. The van der Waals surface area contributed by atoms with Gasteiger partial charge in [0, 0.05) is 6.54 Å². The van der Waals surface area contributed by atoms with Gasteiger partial charge < -0.3 is 5.11 Å². The van der Waals surface area contributed by atoms with Gasteiger partial charge in [-0.25, -0.2) is 8.42 Å². The summed E-state index contributed by atoms with van der Waals surface area (Å²) >= 11 is 0. The van der Waals surface area contributed by atoms with Crippen LogP contribution in [0.15, 0.2) is 12.2 Å². The predicted molar refractivity (Wildman–Crippen MR) is 51.5 cm³/mol. The van der Waals surface area contributed by atoms with E-state index in [9.17, 15) is 8.42 Å². The molecule has 0 aromatic rings. The maximum atomic E-state index is 11.0. The second kappa shape index (κ2) is 5.75.